The molecular formula is C13H17ClN2O5S. The zero-order valence-corrected chi connectivity index (χ0v) is 13.8. The molecule has 0 spiro atoms. The maximum Gasteiger partial charge on any atom is 0.328 e. The Morgan fingerprint density at radius 2 is 1.73 bits per heavy atom. The molecule has 1 unspecified atom stereocenters. The van der Waals surface area contributed by atoms with Crippen LogP contribution in [0.2, 0.25) is 5.02 Å². The van der Waals surface area contributed by atoms with Crippen molar-refractivity contribution in [2.24, 2.45) is 0 Å². The predicted molar refractivity (Wildman–Crippen MR) is 81.1 cm³/mol. The molecule has 0 heterocycles. The number of carboxylic acids is 1. The van der Waals surface area contributed by atoms with E-state index in [0.717, 1.165) is 0 Å². The summed E-state index contributed by atoms with van der Waals surface area (Å²) < 4.78 is 26.4. The molecule has 1 aromatic carbocycles. The molecule has 7 nitrogen and oxygen atoms in total. The monoisotopic (exact) mass is 348 g/mol. The molecular weight excluding hydrogens is 332 g/mol. The van der Waals surface area contributed by atoms with Gasteiger partial charge in [0.15, 0.2) is 0 Å². The Morgan fingerprint density at radius 3 is 2.18 bits per heavy atom. The number of hydrogen-bond donors (Lipinski definition) is 3. The molecule has 1 amide bonds. The van der Waals surface area contributed by atoms with E-state index < -0.39 is 33.5 Å². The lowest BCUT2D eigenvalue weighted by atomic mass is 10.1. The highest BCUT2D eigenvalue weighted by atomic mass is 35.5. The fourth-order valence-electron chi connectivity index (χ4n) is 1.44. The zero-order chi connectivity index (χ0) is 17.1. The number of aliphatic carboxylic acids is 1. The summed E-state index contributed by atoms with van der Waals surface area (Å²) in [7, 11) is -3.91. The molecule has 1 atom stereocenters. The standard InChI is InChI=1S/C13H17ClN2O5S/c1-8(11(17)15-13(2,3)12(18)19)16-22(20,21)10-6-4-9(14)5-7-10/h4-8,16H,1-3H3,(H,15,17)(H,18,19). The second-order valence-corrected chi connectivity index (χ2v) is 7.37. The SMILES string of the molecule is CC(NS(=O)(=O)c1ccc(Cl)cc1)C(=O)NC(C)(C)C(=O)O. The van der Waals surface area contributed by atoms with Gasteiger partial charge in [0.1, 0.15) is 5.54 Å². The number of benzene rings is 1. The maximum atomic E-state index is 12.1. The number of carboxylic acid groups (broad SMARTS) is 1. The first-order chi connectivity index (χ1) is 9.95. The van der Waals surface area contributed by atoms with Gasteiger partial charge in [-0.1, -0.05) is 11.6 Å². The van der Waals surface area contributed by atoms with Crippen LogP contribution in [0.1, 0.15) is 20.8 Å². The molecule has 1 aromatic rings. The van der Waals surface area contributed by atoms with Gasteiger partial charge < -0.3 is 10.4 Å². The van der Waals surface area contributed by atoms with Crippen LogP contribution in [0.25, 0.3) is 0 Å². The van der Waals surface area contributed by atoms with Gasteiger partial charge in [-0.15, -0.1) is 0 Å². The first-order valence-electron chi connectivity index (χ1n) is 6.29. The van der Waals surface area contributed by atoms with Gasteiger partial charge >= 0.3 is 5.97 Å². The summed E-state index contributed by atoms with van der Waals surface area (Å²) in [4.78, 5) is 22.8. The number of hydrogen-bond acceptors (Lipinski definition) is 4. The number of amides is 1. The Balaban J connectivity index is 2.83. The molecule has 9 heteroatoms. The van der Waals surface area contributed by atoms with E-state index in [-0.39, 0.29) is 4.90 Å². The van der Waals surface area contributed by atoms with E-state index in [1.807, 2.05) is 0 Å². The van der Waals surface area contributed by atoms with Crippen LogP contribution in [0.5, 0.6) is 0 Å². The number of rotatable bonds is 6. The average molecular weight is 349 g/mol. The molecule has 0 aromatic heterocycles. The van der Waals surface area contributed by atoms with Gasteiger partial charge in [0, 0.05) is 5.02 Å². The van der Waals surface area contributed by atoms with Crippen molar-refractivity contribution in [1.82, 2.24) is 10.0 Å². The molecule has 3 N–H and O–H groups in total. The molecule has 122 valence electrons. The fourth-order valence-corrected chi connectivity index (χ4v) is 2.77. The topological polar surface area (TPSA) is 113 Å². The zero-order valence-electron chi connectivity index (χ0n) is 12.3. The third kappa shape index (κ3) is 4.69. The van der Waals surface area contributed by atoms with Crippen LogP contribution < -0.4 is 10.0 Å². The summed E-state index contributed by atoms with van der Waals surface area (Å²) in [5, 5.41) is 11.6. The van der Waals surface area contributed by atoms with Crippen LogP contribution in [0.3, 0.4) is 0 Å². The van der Waals surface area contributed by atoms with Crippen LogP contribution in [0.4, 0.5) is 0 Å². The summed E-state index contributed by atoms with van der Waals surface area (Å²) in [6.45, 7) is 3.92. The fraction of sp³-hybridized carbons (Fsp3) is 0.385. The van der Waals surface area contributed by atoms with Crippen LogP contribution >= 0.6 is 11.6 Å². The maximum absolute atomic E-state index is 12.1. The van der Waals surface area contributed by atoms with E-state index in [9.17, 15) is 18.0 Å². The van der Waals surface area contributed by atoms with Gasteiger partial charge in [-0.2, -0.15) is 4.72 Å². The molecule has 0 bridgehead atoms. The van der Waals surface area contributed by atoms with E-state index in [0.29, 0.717) is 5.02 Å². The van der Waals surface area contributed by atoms with Crippen molar-refractivity contribution in [3.05, 3.63) is 29.3 Å². The van der Waals surface area contributed by atoms with E-state index >= 15 is 0 Å². The van der Waals surface area contributed by atoms with Gasteiger partial charge in [0.05, 0.1) is 10.9 Å². The number of carbonyl (C=O) groups excluding carboxylic acids is 1. The third-order valence-corrected chi connectivity index (χ3v) is 4.63. The van der Waals surface area contributed by atoms with E-state index in [2.05, 4.69) is 10.0 Å². The molecule has 0 aliphatic carbocycles. The van der Waals surface area contributed by atoms with Crippen molar-refractivity contribution in [3.8, 4) is 0 Å². The highest BCUT2D eigenvalue weighted by Gasteiger charge is 2.32. The summed E-state index contributed by atoms with van der Waals surface area (Å²) >= 11 is 5.69. The molecule has 0 saturated carbocycles. The molecule has 22 heavy (non-hydrogen) atoms. The quantitative estimate of drug-likeness (QED) is 0.709. The highest BCUT2D eigenvalue weighted by molar-refractivity contribution is 7.89. The van der Waals surface area contributed by atoms with Crippen LogP contribution in [0.15, 0.2) is 29.2 Å². The largest absolute Gasteiger partial charge is 0.480 e. The lowest BCUT2D eigenvalue weighted by molar-refractivity contribution is -0.146. The van der Waals surface area contributed by atoms with Gasteiger partial charge in [-0.05, 0) is 45.0 Å². The minimum absolute atomic E-state index is 0.0472. The first-order valence-corrected chi connectivity index (χ1v) is 8.15. The van der Waals surface area contributed by atoms with Crippen molar-refractivity contribution >= 4 is 33.5 Å². The van der Waals surface area contributed by atoms with Crippen LogP contribution in [-0.4, -0.2) is 37.0 Å². The number of sulfonamides is 1. The summed E-state index contributed by atoms with van der Waals surface area (Å²) in [6, 6.07) is 4.29. The van der Waals surface area contributed by atoms with E-state index in [1.165, 1.54) is 45.0 Å². The van der Waals surface area contributed by atoms with Crippen LogP contribution in [0, 0.1) is 0 Å². The summed E-state index contributed by atoms with van der Waals surface area (Å²) in [6.07, 6.45) is 0. The molecule has 0 aliphatic rings. The lowest BCUT2D eigenvalue weighted by Gasteiger charge is -2.23. The third-order valence-electron chi connectivity index (χ3n) is 2.82. The second kappa shape index (κ2) is 6.64. The predicted octanol–water partition coefficient (Wildman–Crippen LogP) is 0.986. The molecule has 0 saturated heterocycles. The minimum atomic E-state index is -3.91. The molecule has 0 fully saturated rings. The van der Waals surface area contributed by atoms with Gasteiger partial charge in [-0.3, -0.25) is 4.79 Å². The van der Waals surface area contributed by atoms with Gasteiger partial charge in [-0.25, -0.2) is 13.2 Å². The van der Waals surface area contributed by atoms with E-state index in [4.69, 9.17) is 16.7 Å². The Morgan fingerprint density at radius 1 is 1.23 bits per heavy atom. The first kappa shape index (κ1) is 18.4. The highest BCUT2D eigenvalue weighted by Crippen LogP contribution is 2.14. The number of carbonyl (C=O) groups is 2. The molecule has 0 radical (unpaired) electrons. The van der Waals surface area contributed by atoms with Crippen molar-refractivity contribution < 1.29 is 23.1 Å². The minimum Gasteiger partial charge on any atom is -0.480 e. The number of nitrogens with one attached hydrogen (secondary N) is 2. The summed E-state index contributed by atoms with van der Waals surface area (Å²) in [5.74, 6) is -1.97. The van der Waals surface area contributed by atoms with Gasteiger partial charge in [0.25, 0.3) is 0 Å². The van der Waals surface area contributed by atoms with Crippen LogP contribution in [-0.2, 0) is 19.6 Å². The Kier molecular flexibility index (Phi) is 5.55. The smallest absolute Gasteiger partial charge is 0.328 e. The number of halogens is 1. The Hall–Kier alpha value is -1.64. The lowest BCUT2D eigenvalue weighted by Crippen LogP contribution is -2.55. The van der Waals surface area contributed by atoms with Crippen molar-refractivity contribution in [2.45, 2.75) is 37.2 Å². The van der Waals surface area contributed by atoms with Gasteiger partial charge in [0.2, 0.25) is 15.9 Å². The van der Waals surface area contributed by atoms with Crippen molar-refractivity contribution in [1.29, 1.82) is 0 Å². The van der Waals surface area contributed by atoms with E-state index in [1.54, 1.807) is 0 Å². The second-order valence-electron chi connectivity index (χ2n) is 5.22. The Bertz CT molecular complexity index is 670. The van der Waals surface area contributed by atoms with Crippen molar-refractivity contribution in [2.75, 3.05) is 0 Å². The molecule has 0 aliphatic heterocycles. The normalized spacial score (nSPS) is 13.5. The molecule has 1 rings (SSSR count). The Labute approximate surface area is 133 Å². The average Bonchev–Trinajstić information content (AvgIpc) is 2.37. The summed E-state index contributed by atoms with van der Waals surface area (Å²) in [5.41, 5.74) is -1.50. The van der Waals surface area contributed by atoms with Crippen molar-refractivity contribution in [3.63, 3.8) is 0 Å².